The molecule has 4 heteroatoms. The molecule has 1 rings (SSSR count). The maximum atomic E-state index is 11.2. The average Bonchev–Trinajstić information content (AvgIpc) is 2.15. The first-order valence-electron chi connectivity index (χ1n) is 3.61. The monoisotopic (exact) mass is 177 g/mol. The van der Waals surface area contributed by atoms with Crippen LogP contribution in [0.1, 0.15) is 10.4 Å². The molecule has 0 aliphatic heterocycles. The third-order valence-corrected chi connectivity index (χ3v) is 1.41. The first-order valence-corrected chi connectivity index (χ1v) is 3.61. The molecule has 4 nitrogen and oxygen atoms in total. The van der Waals surface area contributed by atoms with Crippen LogP contribution in [0.5, 0.6) is 0 Å². The van der Waals surface area contributed by atoms with Gasteiger partial charge in [0.2, 0.25) is 6.20 Å². The Labute approximate surface area is 74.7 Å². The Bertz CT molecular complexity index is 343. The summed E-state index contributed by atoms with van der Waals surface area (Å²) in [6.07, 6.45) is 1.57. The molecule has 0 amide bonds. The van der Waals surface area contributed by atoms with Crippen molar-refractivity contribution < 1.29 is 9.72 Å². The normalized spacial score (nSPS) is 10.2. The number of benzene rings is 1. The molecule has 0 heterocycles. The maximum absolute atomic E-state index is 11.2. The highest BCUT2D eigenvalue weighted by molar-refractivity contribution is 6.04. The molecule has 13 heavy (non-hydrogen) atoms. The van der Waals surface area contributed by atoms with Gasteiger partial charge in [-0.05, 0) is 0 Å². The molecule has 1 aromatic rings. The molecule has 0 aromatic heterocycles. The van der Waals surface area contributed by atoms with E-state index in [0.717, 1.165) is 6.08 Å². The first-order chi connectivity index (χ1) is 6.20. The minimum Gasteiger partial charge on any atom is -0.289 e. The summed E-state index contributed by atoms with van der Waals surface area (Å²) < 4.78 is 0. The number of hydrogen-bond donors (Lipinski definition) is 0. The summed E-state index contributed by atoms with van der Waals surface area (Å²) in [5.74, 6) is -0.364. The number of rotatable bonds is 3. The van der Waals surface area contributed by atoms with Crippen LogP contribution < -0.4 is 0 Å². The zero-order valence-corrected chi connectivity index (χ0v) is 6.71. The Balaban J connectivity index is 2.76. The fourth-order valence-corrected chi connectivity index (χ4v) is 0.827. The van der Waals surface area contributed by atoms with E-state index in [1.54, 1.807) is 30.3 Å². The van der Waals surface area contributed by atoms with E-state index in [-0.39, 0.29) is 5.78 Å². The van der Waals surface area contributed by atoms with Crippen molar-refractivity contribution in [2.45, 2.75) is 0 Å². The van der Waals surface area contributed by atoms with Crippen molar-refractivity contribution in [1.29, 1.82) is 0 Å². The molecule has 0 unspecified atom stereocenters. The van der Waals surface area contributed by atoms with Crippen molar-refractivity contribution >= 4 is 5.78 Å². The van der Waals surface area contributed by atoms with Crippen LogP contribution in [0.4, 0.5) is 0 Å². The van der Waals surface area contributed by atoms with Crippen LogP contribution in [0.25, 0.3) is 0 Å². The predicted octanol–water partition coefficient (Wildman–Crippen LogP) is 1.66. The molecule has 1 aromatic carbocycles. The van der Waals surface area contributed by atoms with Crippen LogP contribution in [0.3, 0.4) is 0 Å². The van der Waals surface area contributed by atoms with E-state index in [4.69, 9.17) is 0 Å². The molecule has 66 valence electrons. The standard InChI is InChI=1S/C9H7NO3/c11-9(6-7-10(12)13)8-4-2-1-3-5-8/h1-7H/b7-6+. The number of allylic oxidation sites excluding steroid dienone is 1. The summed E-state index contributed by atoms with van der Waals surface area (Å²) in [6.45, 7) is 0. The Morgan fingerprint density at radius 1 is 1.31 bits per heavy atom. The van der Waals surface area contributed by atoms with Crippen molar-refractivity contribution in [1.82, 2.24) is 0 Å². The van der Waals surface area contributed by atoms with Crippen LogP contribution >= 0.6 is 0 Å². The molecule has 0 saturated heterocycles. The van der Waals surface area contributed by atoms with E-state index in [1.807, 2.05) is 0 Å². The Morgan fingerprint density at radius 2 is 1.92 bits per heavy atom. The number of ketones is 1. The minimum atomic E-state index is -0.666. The van der Waals surface area contributed by atoms with Crippen molar-refractivity contribution in [3.63, 3.8) is 0 Å². The van der Waals surface area contributed by atoms with Gasteiger partial charge in [0.1, 0.15) is 0 Å². The lowest BCUT2D eigenvalue weighted by atomic mass is 10.1. The third kappa shape index (κ3) is 2.86. The van der Waals surface area contributed by atoms with Gasteiger partial charge < -0.3 is 0 Å². The quantitative estimate of drug-likeness (QED) is 0.305. The molecule has 0 fully saturated rings. The lowest BCUT2D eigenvalue weighted by molar-refractivity contribution is -0.402. The molecule has 0 aliphatic rings. The van der Waals surface area contributed by atoms with Gasteiger partial charge in [-0.15, -0.1) is 0 Å². The number of nitrogens with zero attached hydrogens (tertiary/aromatic N) is 1. The maximum Gasteiger partial charge on any atom is 0.238 e. The number of carbonyl (C=O) groups excluding carboxylic acids is 1. The van der Waals surface area contributed by atoms with Crippen molar-refractivity contribution in [3.8, 4) is 0 Å². The lowest BCUT2D eigenvalue weighted by Crippen LogP contribution is -1.95. The summed E-state index contributed by atoms with van der Waals surface area (Å²) >= 11 is 0. The highest BCUT2D eigenvalue weighted by atomic mass is 16.6. The molecule has 0 saturated carbocycles. The van der Waals surface area contributed by atoms with Gasteiger partial charge in [0.05, 0.1) is 11.0 Å². The van der Waals surface area contributed by atoms with Gasteiger partial charge in [-0.2, -0.15) is 0 Å². The van der Waals surface area contributed by atoms with E-state index >= 15 is 0 Å². The van der Waals surface area contributed by atoms with Gasteiger partial charge in [0, 0.05) is 5.56 Å². The second-order valence-electron chi connectivity index (χ2n) is 2.33. The highest BCUT2D eigenvalue weighted by Crippen LogP contribution is 2.00. The Morgan fingerprint density at radius 3 is 2.46 bits per heavy atom. The molecular weight excluding hydrogens is 170 g/mol. The third-order valence-electron chi connectivity index (χ3n) is 1.41. The van der Waals surface area contributed by atoms with E-state index < -0.39 is 4.92 Å². The molecule has 0 N–H and O–H groups in total. The van der Waals surface area contributed by atoms with E-state index in [0.29, 0.717) is 11.8 Å². The summed E-state index contributed by atoms with van der Waals surface area (Å²) in [5.41, 5.74) is 0.445. The summed E-state index contributed by atoms with van der Waals surface area (Å²) in [7, 11) is 0. The van der Waals surface area contributed by atoms with E-state index in [9.17, 15) is 14.9 Å². The summed E-state index contributed by atoms with van der Waals surface area (Å²) in [4.78, 5) is 20.4. The van der Waals surface area contributed by atoms with E-state index in [2.05, 4.69) is 0 Å². The summed E-state index contributed by atoms with van der Waals surface area (Å²) in [5, 5.41) is 9.90. The first kappa shape index (κ1) is 9.12. The van der Waals surface area contributed by atoms with Crippen molar-refractivity contribution in [2.75, 3.05) is 0 Å². The molecule has 0 spiro atoms. The molecule has 0 aliphatic carbocycles. The number of nitro groups is 1. The topological polar surface area (TPSA) is 60.2 Å². The fourth-order valence-electron chi connectivity index (χ4n) is 0.827. The SMILES string of the molecule is O=C(/C=C/[N+](=O)[O-])c1ccccc1. The largest absolute Gasteiger partial charge is 0.289 e. The van der Waals surface area contributed by atoms with Crippen LogP contribution in [0.2, 0.25) is 0 Å². The van der Waals surface area contributed by atoms with Gasteiger partial charge in [0.15, 0.2) is 5.78 Å². The predicted molar refractivity (Wildman–Crippen MR) is 46.9 cm³/mol. The summed E-state index contributed by atoms with van der Waals surface area (Å²) in [6, 6.07) is 8.38. The van der Waals surface area contributed by atoms with Crippen LogP contribution in [0, 0.1) is 10.1 Å². The van der Waals surface area contributed by atoms with Gasteiger partial charge in [-0.1, -0.05) is 30.3 Å². The second kappa shape index (κ2) is 4.15. The Kier molecular flexibility index (Phi) is 2.92. The smallest absolute Gasteiger partial charge is 0.238 e. The average molecular weight is 177 g/mol. The van der Waals surface area contributed by atoms with Crippen LogP contribution in [-0.4, -0.2) is 10.7 Å². The van der Waals surface area contributed by atoms with Crippen LogP contribution in [0.15, 0.2) is 42.6 Å². The molecule has 0 radical (unpaired) electrons. The van der Waals surface area contributed by atoms with Crippen molar-refractivity contribution in [3.05, 3.63) is 58.3 Å². The number of carbonyl (C=O) groups is 1. The minimum absolute atomic E-state index is 0.364. The molecule has 0 atom stereocenters. The number of hydrogen-bond acceptors (Lipinski definition) is 3. The zero-order chi connectivity index (χ0) is 9.68. The van der Waals surface area contributed by atoms with Gasteiger partial charge >= 0.3 is 0 Å². The molecular formula is C9H7NO3. The van der Waals surface area contributed by atoms with Gasteiger partial charge in [-0.3, -0.25) is 14.9 Å². The molecule has 0 bridgehead atoms. The lowest BCUT2D eigenvalue weighted by Gasteiger charge is -1.91. The van der Waals surface area contributed by atoms with Crippen molar-refractivity contribution in [2.24, 2.45) is 0 Å². The Hall–Kier alpha value is -1.97. The fraction of sp³-hybridized carbons (Fsp3) is 0. The zero-order valence-electron chi connectivity index (χ0n) is 6.71. The van der Waals surface area contributed by atoms with Gasteiger partial charge in [-0.25, -0.2) is 0 Å². The van der Waals surface area contributed by atoms with Crippen LogP contribution in [-0.2, 0) is 0 Å². The second-order valence-corrected chi connectivity index (χ2v) is 2.33. The van der Waals surface area contributed by atoms with Gasteiger partial charge in [0.25, 0.3) is 0 Å². The van der Waals surface area contributed by atoms with E-state index in [1.165, 1.54) is 0 Å². The highest BCUT2D eigenvalue weighted by Gasteiger charge is 2.00.